The molecular formula is C24H22ClN3O4. The number of piperazine rings is 1. The third-order valence-corrected chi connectivity index (χ3v) is 5.64. The average molecular weight is 452 g/mol. The summed E-state index contributed by atoms with van der Waals surface area (Å²) >= 11 is 5.86. The Hall–Kier alpha value is -3.58. The maximum Gasteiger partial charge on any atom is 0.283 e. The van der Waals surface area contributed by atoms with Crippen LogP contribution in [0.1, 0.15) is 15.9 Å². The van der Waals surface area contributed by atoms with Crippen LogP contribution in [-0.2, 0) is 6.61 Å². The molecule has 1 amide bonds. The number of hydrogen-bond donors (Lipinski definition) is 0. The van der Waals surface area contributed by atoms with Gasteiger partial charge in [0.15, 0.2) is 0 Å². The van der Waals surface area contributed by atoms with Crippen LogP contribution in [0.2, 0.25) is 5.02 Å². The van der Waals surface area contributed by atoms with Crippen molar-refractivity contribution in [1.82, 2.24) is 4.90 Å². The fourth-order valence-corrected chi connectivity index (χ4v) is 3.84. The molecule has 0 unspecified atom stereocenters. The first-order chi connectivity index (χ1) is 15.5. The molecule has 0 N–H and O–H groups in total. The largest absolute Gasteiger partial charge is 0.489 e. The Kier molecular flexibility index (Phi) is 6.56. The minimum atomic E-state index is -0.573. The second-order valence-electron chi connectivity index (χ2n) is 7.47. The molecule has 1 saturated heterocycles. The van der Waals surface area contributed by atoms with E-state index in [4.69, 9.17) is 16.3 Å². The molecule has 32 heavy (non-hydrogen) atoms. The number of carbonyl (C=O) groups excluding carboxylic acids is 1. The summed E-state index contributed by atoms with van der Waals surface area (Å²) in [5.41, 5.74) is 1.95. The molecule has 3 aromatic carbocycles. The van der Waals surface area contributed by atoms with Crippen molar-refractivity contribution in [3.63, 3.8) is 0 Å². The van der Waals surface area contributed by atoms with E-state index >= 15 is 0 Å². The van der Waals surface area contributed by atoms with Gasteiger partial charge in [0.05, 0.1) is 4.92 Å². The molecule has 1 fully saturated rings. The highest BCUT2D eigenvalue weighted by molar-refractivity contribution is 6.31. The number of ether oxygens (including phenoxy) is 1. The molecular weight excluding hydrogens is 430 g/mol. The van der Waals surface area contributed by atoms with Crippen LogP contribution in [0.15, 0.2) is 72.8 Å². The summed E-state index contributed by atoms with van der Waals surface area (Å²) in [6.45, 7) is 2.74. The fraction of sp³-hybridized carbons (Fsp3) is 0.208. The minimum Gasteiger partial charge on any atom is -0.489 e. The van der Waals surface area contributed by atoms with E-state index in [1.165, 1.54) is 18.2 Å². The predicted octanol–water partition coefficient (Wildman–Crippen LogP) is 4.79. The molecule has 0 aliphatic carbocycles. The minimum absolute atomic E-state index is 0.0627. The molecule has 4 rings (SSSR count). The molecule has 0 radical (unpaired) electrons. The van der Waals surface area contributed by atoms with Crippen LogP contribution in [0.25, 0.3) is 0 Å². The second-order valence-corrected chi connectivity index (χ2v) is 7.90. The number of nitro groups is 1. The first kappa shape index (κ1) is 21.6. The zero-order valence-electron chi connectivity index (χ0n) is 17.3. The molecule has 0 spiro atoms. The van der Waals surface area contributed by atoms with Gasteiger partial charge in [-0.25, -0.2) is 0 Å². The Labute approximate surface area is 190 Å². The van der Waals surface area contributed by atoms with Gasteiger partial charge in [0, 0.05) is 43.0 Å². The summed E-state index contributed by atoms with van der Waals surface area (Å²) in [5, 5.41) is 11.5. The maximum atomic E-state index is 12.9. The molecule has 0 bridgehead atoms. The molecule has 7 nitrogen and oxygen atoms in total. The topological polar surface area (TPSA) is 75.9 Å². The predicted molar refractivity (Wildman–Crippen MR) is 123 cm³/mol. The van der Waals surface area contributed by atoms with E-state index in [2.05, 4.69) is 4.90 Å². The molecule has 1 aliphatic heterocycles. The highest BCUT2D eigenvalue weighted by Crippen LogP contribution is 2.26. The molecule has 8 heteroatoms. The van der Waals surface area contributed by atoms with Crippen LogP contribution < -0.4 is 9.64 Å². The van der Waals surface area contributed by atoms with Gasteiger partial charge in [-0.05, 0) is 42.0 Å². The van der Waals surface area contributed by atoms with E-state index in [0.29, 0.717) is 32.8 Å². The summed E-state index contributed by atoms with van der Waals surface area (Å²) in [5.74, 6) is 0.444. The van der Waals surface area contributed by atoms with E-state index in [1.807, 2.05) is 54.6 Å². The van der Waals surface area contributed by atoms with Gasteiger partial charge in [-0.15, -0.1) is 0 Å². The Morgan fingerprint density at radius 2 is 1.66 bits per heavy atom. The summed E-state index contributed by atoms with van der Waals surface area (Å²) in [4.78, 5) is 27.4. The normalized spacial score (nSPS) is 13.7. The van der Waals surface area contributed by atoms with Gasteiger partial charge < -0.3 is 14.5 Å². The van der Waals surface area contributed by atoms with Crippen molar-refractivity contribution in [3.8, 4) is 5.75 Å². The zero-order chi connectivity index (χ0) is 22.5. The number of nitrogens with zero attached hydrogens (tertiary/aromatic N) is 3. The monoisotopic (exact) mass is 451 g/mol. The lowest BCUT2D eigenvalue weighted by atomic mass is 10.1. The van der Waals surface area contributed by atoms with Gasteiger partial charge >= 0.3 is 0 Å². The van der Waals surface area contributed by atoms with Crippen LogP contribution in [0.5, 0.6) is 5.75 Å². The number of hydrogen-bond acceptors (Lipinski definition) is 5. The number of benzene rings is 3. The van der Waals surface area contributed by atoms with Gasteiger partial charge in [0.2, 0.25) is 0 Å². The molecule has 0 atom stereocenters. The lowest BCUT2D eigenvalue weighted by Crippen LogP contribution is -2.48. The van der Waals surface area contributed by atoms with Crippen molar-refractivity contribution < 1.29 is 14.5 Å². The SMILES string of the molecule is O=C(c1ccc(Cl)cc1[N+](=O)[O-])N1CCN(c2ccc(OCc3ccccc3)cc2)CC1. The van der Waals surface area contributed by atoms with E-state index < -0.39 is 4.92 Å². The van der Waals surface area contributed by atoms with Gasteiger partial charge in [-0.3, -0.25) is 14.9 Å². The molecule has 164 valence electrons. The van der Waals surface area contributed by atoms with Crippen molar-refractivity contribution >= 4 is 28.9 Å². The smallest absolute Gasteiger partial charge is 0.283 e. The number of amides is 1. The van der Waals surface area contributed by atoms with E-state index in [0.717, 1.165) is 17.0 Å². The highest BCUT2D eigenvalue weighted by Gasteiger charge is 2.27. The number of anilines is 1. The van der Waals surface area contributed by atoms with Crippen molar-refractivity contribution in [2.24, 2.45) is 0 Å². The quantitative estimate of drug-likeness (QED) is 0.398. The van der Waals surface area contributed by atoms with Gasteiger partial charge in [-0.1, -0.05) is 41.9 Å². The van der Waals surface area contributed by atoms with Gasteiger partial charge in [0.1, 0.15) is 17.9 Å². The average Bonchev–Trinajstić information content (AvgIpc) is 2.83. The molecule has 1 aliphatic rings. The second kappa shape index (κ2) is 9.70. The summed E-state index contributed by atoms with van der Waals surface area (Å²) < 4.78 is 5.83. The number of nitro benzene ring substituents is 1. The summed E-state index contributed by atoms with van der Waals surface area (Å²) in [6.07, 6.45) is 0. The first-order valence-electron chi connectivity index (χ1n) is 10.3. The lowest BCUT2D eigenvalue weighted by molar-refractivity contribution is -0.385. The number of rotatable bonds is 6. The molecule has 3 aromatic rings. The molecule has 1 heterocycles. The van der Waals surface area contributed by atoms with Crippen LogP contribution in [0.4, 0.5) is 11.4 Å². The molecule has 0 aromatic heterocycles. The van der Waals surface area contributed by atoms with Crippen LogP contribution in [0.3, 0.4) is 0 Å². The third-order valence-electron chi connectivity index (χ3n) is 5.40. The van der Waals surface area contributed by atoms with Crippen molar-refractivity contribution in [2.75, 3.05) is 31.1 Å². The Morgan fingerprint density at radius 3 is 2.31 bits per heavy atom. The maximum absolute atomic E-state index is 12.9. The summed E-state index contributed by atoms with van der Waals surface area (Å²) in [7, 11) is 0. The first-order valence-corrected chi connectivity index (χ1v) is 10.6. The summed E-state index contributed by atoms with van der Waals surface area (Å²) in [6, 6.07) is 22.0. The van der Waals surface area contributed by atoms with Crippen LogP contribution >= 0.6 is 11.6 Å². The van der Waals surface area contributed by atoms with Gasteiger partial charge in [0.25, 0.3) is 11.6 Å². The van der Waals surface area contributed by atoms with E-state index in [9.17, 15) is 14.9 Å². The fourth-order valence-electron chi connectivity index (χ4n) is 3.67. The van der Waals surface area contributed by atoms with Crippen molar-refractivity contribution in [2.45, 2.75) is 6.61 Å². The Morgan fingerprint density at radius 1 is 0.969 bits per heavy atom. The van der Waals surface area contributed by atoms with E-state index in [1.54, 1.807) is 4.90 Å². The third kappa shape index (κ3) is 5.00. The highest BCUT2D eigenvalue weighted by atomic mass is 35.5. The van der Waals surface area contributed by atoms with E-state index in [-0.39, 0.29) is 22.2 Å². The standard InChI is InChI=1S/C24H22ClN3O4/c25-19-6-11-22(23(16-19)28(30)31)24(29)27-14-12-26(13-15-27)20-7-9-21(10-8-20)32-17-18-4-2-1-3-5-18/h1-11,16H,12-15,17H2. The zero-order valence-corrected chi connectivity index (χ0v) is 18.1. The molecule has 0 saturated carbocycles. The lowest BCUT2D eigenvalue weighted by Gasteiger charge is -2.36. The number of carbonyl (C=O) groups is 1. The van der Waals surface area contributed by atoms with Crippen molar-refractivity contribution in [1.29, 1.82) is 0 Å². The number of halogens is 1. The van der Waals surface area contributed by atoms with Crippen LogP contribution in [0, 0.1) is 10.1 Å². The Bertz CT molecular complexity index is 1100. The van der Waals surface area contributed by atoms with Gasteiger partial charge in [-0.2, -0.15) is 0 Å². The Balaban J connectivity index is 1.34. The van der Waals surface area contributed by atoms with Crippen LogP contribution in [-0.4, -0.2) is 41.9 Å². The van der Waals surface area contributed by atoms with Crippen molar-refractivity contribution in [3.05, 3.63) is 99.1 Å².